The van der Waals surface area contributed by atoms with Gasteiger partial charge in [0, 0.05) is 13.1 Å². The minimum absolute atomic E-state index is 0.155. The topological polar surface area (TPSA) is 40.6 Å². The summed E-state index contributed by atoms with van der Waals surface area (Å²) in [7, 11) is 2.07. The number of carbonyl (C=O) groups excluding carboxylic acids is 2. The third-order valence-corrected chi connectivity index (χ3v) is 3.48. The van der Waals surface area contributed by atoms with E-state index >= 15 is 0 Å². The third-order valence-electron chi connectivity index (χ3n) is 3.48. The van der Waals surface area contributed by atoms with Crippen LogP contribution in [0, 0.1) is 5.92 Å². The summed E-state index contributed by atoms with van der Waals surface area (Å²) in [5, 5.41) is 0. The highest BCUT2D eigenvalue weighted by Crippen LogP contribution is 2.22. The molecule has 0 bridgehead atoms. The average Bonchev–Trinajstić information content (AvgIpc) is 2.63. The van der Waals surface area contributed by atoms with E-state index in [0.717, 1.165) is 19.5 Å². The van der Waals surface area contributed by atoms with E-state index in [1.54, 1.807) is 24.3 Å². The van der Waals surface area contributed by atoms with E-state index in [9.17, 15) is 9.59 Å². The minimum Gasteiger partial charge on any atom is -0.306 e. The first-order chi connectivity index (χ1) is 9.50. The fourth-order valence-corrected chi connectivity index (χ4v) is 2.66. The first-order valence-electron chi connectivity index (χ1n) is 7.14. The maximum absolute atomic E-state index is 12.2. The van der Waals surface area contributed by atoms with Gasteiger partial charge >= 0.3 is 0 Å². The highest BCUT2D eigenvalue weighted by Gasteiger charge is 2.34. The van der Waals surface area contributed by atoms with Gasteiger partial charge < -0.3 is 4.90 Å². The summed E-state index contributed by atoms with van der Waals surface area (Å²) in [4.78, 5) is 27.9. The van der Waals surface area contributed by atoms with Crippen molar-refractivity contribution in [2.75, 3.05) is 26.7 Å². The van der Waals surface area contributed by atoms with E-state index in [-0.39, 0.29) is 11.8 Å². The molecule has 4 nitrogen and oxygen atoms in total. The van der Waals surface area contributed by atoms with Gasteiger partial charge in [-0.15, -0.1) is 0 Å². The summed E-state index contributed by atoms with van der Waals surface area (Å²) >= 11 is 0. The van der Waals surface area contributed by atoms with Crippen LogP contribution in [0.15, 0.2) is 24.3 Å². The van der Waals surface area contributed by atoms with Crippen LogP contribution >= 0.6 is 0 Å². The van der Waals surface area contributed by atoms with Crippen molar-refractivity contribution in [1.29, 1.82) is 0 Å². The van der Waals surface area contributed by atoms with Crippen LogP contribution in [-0.4, -0.2) is 48.3 Å². The first-order valence-corrected chi connectivity index (χ1v) is 7.14. The molecule has 0 radical (unpaired) electrons. The Hall–Kier alpha value is -1.68. The maximum Gasteiger partial charge on any atom is 0.261 e. The fourth-order valence-electron chi connectivity index (χ4n) is 2.66. The second-order valence-electron chi connectivity index (χ2n) is 5.82. The SMILES string of the molecule is CC(C)CN(C)CCCN1C(=O)c2ccccc2C1=O. The number of fused-ring (bicyclic) bond motifs is 1. The van der Waals surface area contributed by atoms with Gasteiger partial charge in [-0.25, -0.2) is 0 Å². The molecule has 1 aliphatic heterocycles. The molecule has 0 atom stereocenters. The molecule has 108 valence electrons. The number of amides is 2. The summed E-state index contributed by atoms with van der Waals surface area (Å²) in [6, 6.07) is 7.04. The lowest BCUT2D eigenvalue weighted by atomic mass is 10.1. The van der Waals surface area contributed by atoms with Gasteiger partial charge in [0.1, 0.15) is 0 Å². The number of carbonyl (C=O) groups is 2. The summed E-state index contributed by atoms with van der Waals surface area (Å²) in [6.45, 7) is 6.78. The fraction of sp³-hybridized carbons (Fsp3) is 0.500. The largest absolute Gasteiger partial charge is 0.306 e. The molecule has 0 spiro atoms. The van der Waals surface area contributed by atoms with Crippen LogP contribution in [0.4, 0.5) is 0 Å². The highest BCUT2D eigenvalue weighted by molar-refractivity contribution is 6.21. The Labute approximate surface area is 120 Å². The van der Waals surface area contributed by atoms with E-state index in [2.05, 4.69) is 25.8 Å². The second-order valence-corrected chi connectivity index (χ2v) is 5.82. The molecule has 1 aromatic rings. The number of rotatable bonds is 6. The van der Waals surface area contributed by atoms with Crippen molar-refractivity contribution in [1.82, 2.24) is 9.80 Å². The Balaban J connectivity index is 1.90. The molecule has 4 heteroatoms. The molecule has 2 rings (SSSR count). The van der Waals surface area contributed by atoms with Crippen molar-refractivity contribution in [2.45, 2.75) is 20.3 Å². The summed E-state index contributed by atoms with van der Waals surface area (Å²) in [6.07, 6.45) is 0.814. The summed E-state index contributed by atoms with van der Waals surface area (Å²) < 4.78 is 0. The smallest absolute Gasteiger partial charge is 0.261 e. The zero-order valence-electron chi connectivity index (χ0n) is 12.4. The molecule has 20 heavy (non-hydrogen) atoms. The molecule has 2 amide bonds. The molecule has 0 aliphatic carbocycles. The average molecular weight is 274 g/mol. The molecule has 0 N–H and O–H groups in total. The molecular formula is C16H22N2O2. The molecule has 0 fully saturated rings. The van der Waals surface area contributed by atoms with E-state index < -0.39 is 0 Å². The van der Waals surface area contributed by atoms with Gasteiger partial charge in [-0.1, -0.05) is 26.0 Å². The normalized spacial score (nSPS) is 14.6. The molecule has 0 saturated carbocycles. The number of hydrogen-bond donors (Lipinski definition) is 0. The van der Waals surface area contributed by atoms with Crippen molar-refractivity contribution in [3.05, 3.63) is 35.4 Å². The molecule has 1 aliphatic rings. The zero-order valence-corrected chi connectivity index (χ0v) is 12.4. The van der Waals surface area contributed by atoms with Gasteiger partial charge in [-0.2, -0.15) is 0 Å². The standard InChI is InChI=1S/C16H22N2O2/c1-12(2)11-17(3)9-6-10-18-15(19)13-7-4-5-8-14(13)16(18)20/h4-5,7-8,12H,6,9-11H2,1-3H3. The van der Waals surface area contributed by atoms with Crippen LogP contribution in [0.25, 0.3) is 0 Å². The number of imide groups is 1. The summed E-state index contributed by atoms with van der Waals surface area (Å²) in [5.41, 5.74) is 1.07. The van der Waals surface area contributed by atoms with Gasteiger partial charge in [0.2, 0.25) is 0 Å². The Kier molecular flexibility index (Phi) is 4.55. The maximum atomic E-state index is 12.2. The first kappa shape index (κ1) is 14.7. The van der Waals surface area contributed by atoms with Gasteiger partial charge in [-0.3, -0.25) is 14.5 Å². The predicted molar refractivity (Wildman–Crippen MR) is 78.8 cm³/mol. The second kappa shape index (κ2) is 6.18. The van der Waals surface area contributed by atoms with Crippen LogP contribution < -0.4 is 0 Å². The highest BCUT2D eigenvalue weighted by atomic mass is 16.2. The molecule has 0 aromatic heterocycles. The Morgan fingerprint density at radius 1 is 1.10 bits per heavy atom. The van der Waals surface area contributed by atoms with E-state index in [1.807, 2.05) is 0 Å². The van der Waals surface area contributed by atoms with E-state index in [4.69, 9.17) is 0 Å². The van der Waals surface area contributed by atoms with Gasteiger partial charge in [0.15, 0.2) is 0 Å². The lowest BCUT2D eigenvalue weighted by Gasteiger charge is -2.20. The van der Waals surface area contributed by atoms with Crippen LogP contribution in [0.1, 0.15) is 41.0 Å². The van der Waals surface area contributed by atoms with Crippen LogP contribution in [0.3, 0.4) is 0 Å². The van der Waals surface area contributed by atoms with E-state index in [1.165, 1.54) is 4.90 Å². The van der Waals surface area contributed by atoms with Crippen molar-refractivity contribution in [3.63, 3.8) is 0 Å². The zero-order chi connectivity index (χ0) is 14.7. The number of hydrogen-bond acceptors (Lipinski definition) is 3. The molecule has 1 heterocycles. The minimum atomic E-state index is -0.155. The summed E-state index contributed by atoms with van der Waals surface area (Å²) in [5.74, 6) is 0.313. The third kappa shape index (κ3) is 3.07. The predicted octanol–water partition coefficient (Wildman–Crippen LogP) is 2.26. The van der Waals surface area contributed by atoms with Crippen molar-refractivity contribution < 1.29 is 9.59 Å². The lowest BCUT2D eigenvalue weighted by molar-refractivity contribution is 0.0648. The molecule has 0 saturated heterocycles. The Bertz CT molecular complexity index is 476. The Morgan fingerprint density at radius 3 is 2.15 bits per heavy atom. The molecule has 1 aromatic carbocycles. The number of nitrogens with zero attached hydrogens (tertiary/aromatic N) is 2. The molecular weight excluding hydrogens is 252 g/mol. The lowest BCUT2D eigenvalue weighted by Crippen LogP contribution is -2.33. The van der Waals surface area contributed by atoms with Crippen molar-refractivity contribution in [2.24, 2.45) is 5.92 Å². The van der Waals surface area contributed by atoms with Gasteiger partial charge in [0.25, 0.3) is 11.8 Å². The van der Waals surface area contributed by atoms with Gasteiger partial charge in [0.05, 0.1) is 11.1 Å². The van der Waals surface area contributed by atoms with Crippen LogP contribution in [-0.2, 0) is 0 Å². The number of benzene rings is 1. The van der Waals surface area contributed by atoms with Gasteiger partial charge in [-0.05, 0) is 38.1 Å². The van der Waals surface area contributed by atoms with Crippen molar-refractivity contribution >= 4 is 11.8 Å². The monoisotopic (exact) mass is 274 g/mol. The molecule has 0 unspecified atom stereocenters. The van der Waals surface area contributed by atoms with E-state index in [0.29, 0.717) is 23.6 Å². The quantitative estimate of drug-likeness (QED) is 0.747. The Morgan fingerprint density at radius 2 is 1.65 bits per heavy atom. The van der Waals surface area contributed by atoms with Crippen molar-refractivity contribution in [3.8, 4) is 0 Å². The van der Waals surface area contributed by atoms with Crippen LogP contribution in [0.2, 0.25) is 0 Å². The van der Waals surface area contributed by atoms with Crippen LogP contribution in [0.5, 0.6) is 0 Å².